The largest absolute Gasteiger partial charge is 0.344 e. The Morgan fingerprint density at radius 1 is 1.16 bits per heavy atom. The van der Waals surface area contributed by atoms with Crippen molar-refractivity contribution in [3.63, 3.8) is 0 Å². The van der Waals surface area contributed by atoms with Crippen molar-refractivity contribution in [1.29, 1.82) is 0 Å². The van der Waals surface area contributed by atoms with Crippen molar-refractivity contribution in [2.75, 3.05) is 5.75 Å². The third-order valence-electron chi connectivity index (χ3n) is 4.80. The summed E-state index contributed by atoms with van der Waals surface area (Å²) in [6.45, 7) is 2.68. The van der Waals surface area contributed by atoms with E-state index >= 15 is 0 Å². The van der Waals surface area contributed by atoms with Crippen LogP contribution in [0.2, 0.25) is 5.02 Å². The van der Waals surface area contributed by atoms with Gasteiger partial charge in [-0.05, 0) is 60.3 Å². The second-order valence-electron chi connectivity index (χ2n) is 6.91. The summed E-state index contributed by atoms with van der Waals surface area (Å²) in [7, 11) is 0. The zero-order valence-corrected chi connectivity index (χ0v) is 19.6. The number of thiophene rings is 1. The van der Waals surface area contributed by atoms with Gasteiger partial charge in [0.05, 0.1) is 11.8 Å². The van der Waals surface area contributed by atoms with E-state index in [-0.39, 0.29) is 23.5 Å². The fraction of sp³-hybridized carbons (Fsp3) is 0.174. The minimum Gasteiger partial charge on any atom is -0.344 e. The van der Waals surface area contributed by atoms with Crippen molar-refractivity contribution in [3.05, 3.63) is 87.3 Å². The first-order valence-electron chi connectivity index (χ1n) is 9.95. The second-order valence-corrected chi connectivity index (χ2v) is 9.27. The summed E-state index contributed by atoms with van der Waals surface area (Å²) in [6.07, 6.45) is 0. The molecule has 1 amide bonds. The molecule has 4 aromatic rings. The highest BCUT2D eigenvalue weighted by molar-refractivity contribution is 7.99. The molecule has 0 aliphatic carbocycles. The Balaban J connectivity index is 1.47. The van der Waals surface area contributed by atoms with Gasteiger partial charge in [-0.1, -0.05) is 41.6 Å². The number of aromatic nitrogens is 3. The lowest BCUT2D eigenvalue weighted by atomic mass is 10.1. The third kappa shape index (κ3) is 5.20. The van der Waals surface area contributed by atoms with Gasteiger partial charge < -0.3 is 9.88 Å². The van der Waals surface area contributed by atoms with Gasteiger partial charge in [-0.2, -0.15) is 0 Å². The lowest BCUT2D eigenvalue weighted by Gasteiger charge is -2.18. The number of carbonyl (C=O) groups excluding carboxylic acids is 1. The van der Waals surface area contributed by atoms with E-state index in [9.17, 15) is 9.18 Å². The summed E-state index contributed by atoms with van der Waals surface area (Å²) in [5.74, 6) is 0.462. The number of carbonyl (C=O) groups is 1. The summed E-state index contributed by atoms with van der Waals surface area (Å²) in [5, 5.41) is 14.9. The minimum atomic E-state index is -0.336. The Labute approximate surface area is 198 Å². The van der Waals surface area contributed by atoms with Gasteiger partial charge in [0.15, 0.2) is 11.0 Å². The number of halogens is 2. The van der Waals surface area contributed by atoms with Crippen LogP contribution in [0.25, 0.3) is 11.4 Å². The molecule has 2 heterocycles. The molecule has 0 bridgehead atoms. The molecule has 1 atom stereocenters. The van der Waals surface area contributed by atoms with E-state index in [1.54, 1.807) is 23.5 Å². The van der Waals surface area contributed by atoms with Crippen LogP contribution in [-0.2, 0) is 11.3 Å². The van der Waals surface area contributed by atoms with Gasteiger partial charge in [0.25, 0.3) is 0 Å². The molecule has 0 saturated carbocycles. The number of amides is 1. The maximum absolute atomic E-state index is 13.4. The van der Waals surface area contributed by atoms with Crippen molar-refractivity contribution in [2.45, 2.75) is 24.7 Å². The molecule has 164 valence electrons. The lowest BCUT2D eigenvalue weighted by molar-refractivity contribution is -0.119. The number of thioether (sulfide) groups is 1. The molecule has 0 saturated heterocycles. The first-order chi connectivity index (χ1) is 15.5. The predicted octanol–water partition coefficient (Wildman–Crippen LogP) is 5.82. The Hall–Kier alpha value is -2.68. The molecule has 0 spiro atoms. The Morgan fingerprint density at radius 2 is 1.91 bits per heavy atom. The molecule has 0 aliphatic rings. The molecule has 1 N–H and O–H groups in total. The van der Waals surface area contributed by atoms with Crippen LogP contribution in [0.3, 0.4) is 0 Å². The maximum atomic E-state index is 13.4. The zero-order chi connectivity index (χ0) is 22.5. The van der Waals surface area contributed by atoms with Crippen molar-refractivity contribution in [1.82, 2.24) is 20.1 Å². The van der Waals surface area contributed by atoms with Crippen LogP contribution in [0.5, 0.6) is 0 Å². The molecule has 5 nitrogen and oxygen atoms in total. The third-order valence-corrected chi connectivity index (χ3v) is 6.96. The van der Waals surface area contributed by atoms with E-state index in [4.69, 9.17) is 11.6 Å². The number of hydrogen-bond donors (Lipinski definition) is 1. The Morgan fingerprint density at radius 3 is 2.56 bits per heavy atom. The van der Waals surface area contributed by atoms with Gasteiger partial charge in [-0.25, -0.2) is 4.39 Å². The number of nitrogens with zero attached hydrogens (tertiary/aromatic N) is 3. The summed E-state index contributed by atoms with van der Waals surface area (Å²) >= 11 is 8.86. The summed E-state index contributed by atoms with van der Waals surface area (Å²) < 4.78 is 15.3. The molecule has 4 rings (SSSR count). The van der Waals surface area contributed by atoms with Crippen LogP contribution >= 0.6 is 34.7 Å². The SMILES string of the molecule is CCn1c(SCC(=O)NC(c2ccc(F)cc2)c2cccs2)nnc1-c1ccc(Cl)cc1. The Bertz CT molecular complexity index is 1180. The quantitative estimate of drug-likeness (QED) is 0.319. The molecular formula is C23H20ClFN4OS2. The molecule has 9 heteroatoms. The molecule has 0 aliphatic heterocycles. The molecular weight excluding hydrogens is 467 g/mol. The lowest BCUT2D eigenvalue weighted by Crippen LogP contribution is -2.30. The summed E-state index contributed by atoms with van der Waals surface area (Å²) in [6, 6.07) is 17.2. The summed E-state index contributed by atoms with van der Waals surface area (Å²) in [5.41, 5.74) is 1.74. The van der Waals surface area contributed by atoms with Gasteiger partial charge in [0, 0.05) is 22.0 Å². The topological polar surface area (TPSA) is 59.8 Å². The number of nitrogens with one attached hydrogen (secondary N) is 1. The van der Waals surface area contributed by atoms with Gasteiger partial charge in [-0.3, -0.25) is 4.79 Å². The molecule has 1 unspecified atom stereocenters. The van der Waals surface area contributed by atoms with Gasteiger partial charge in [-0.15, -0.1) is 21.5 Å². The van der Waals surface area contributed by atoms with Crippen molar-refractivity contribution >= 4 is 40.6 Å². The van der Waals surface area contributed by atoms with Crippen molar-refractivity contribution < 1.29 is 9.18 Å². The van der Waals surface area contributed by atoms with Gasteiger partial charge >= 0.3 is 0 Å². The van der Waals surface area contributed by atoms with Gasteiger partial charge in [0.2, 0.25) is 5.91 Å². The van der Waals surface area contributed by atoms with E-state index in [0.29, 0.717) is 16.7 Å². The molecule has 0 radical (unpaired) electrons. The van der Waals surface area contributed by atoms with Gasteiger partial charge in [0.1, 0.15) is 5.82 Å². The summed E-state index contributed by atoms with van der Waals surface area (Å²) in [4.78, 5) is 13.8. The van der Waals surface area contributed by atoms with E-state index in [0.717, 1.165) is 21.8 Å². The van der Waals surface area contributed by atoms with Crippen LogP contribution < -0.4 is 5.32 Å². The predicted molar refractivity (Wildman–Crippen MR) is 128 cm³/mol. The van der Waals surface area contributed by atoms with Crippen LogP contribution in [0.15, 0.2) is 71.2 Å². The molecule has 0 fully saturated rings. The van der Waals surface area contributed by atoms with Crippen molar-refractivity contribution in [3.8, 4) is 11.4 Å². The number of hydrogen-bond acceptors (Lipinski definition) is 5. The smallest absolute Gasteiger partial charge is 0.231 e. The first-order valence-corrected chi connectivity index (χ1v) is 12.2. The van der Waals surface area contributed by atoms with E-state index in [2.05, 4.69) is 15.5 Å². The van der Waals surface area contributed by atoms with Crippen molar-refractivity contribution in [2.24, 2.45) is 0 Å². The normalized spacial score (nSPS) is 12.0. The first kappa shape index (κ1) is 22.5. The van der Waals surface area contributed by atoms with E-state index in [1.807, 2.05) is 53.3 Å². The monoisotopic (exact) mass is 486 g/mol. The van der Waals surface area contributed by atoms with Crippen LogP contribution in [0.1, 0.15) is 23.4 Å². The average Bonchev–Trinajstić information content (AvgIpc) is 3.47. The van der Waals surface area contributed by atoms with Crippen LogP contribution in [0.4, 0.5) is 4.39 Å². The average molecular weight is 487 g/mol. The highest BCUT2D eigenvalue weighted by Crippen LogP contribution is 2.28. The van der Waals surface area contributed by atoms with E-state index in [1.165, 1.54) is 23.9 Å². The fourth-order valence-corrected chi connectivity index (χ4v) is 5.00. The van der Waals surface area contributed by atoms with Crippen LogP contribution in [-0.4, -0.2) is 26.4 Å². The minimum absolute atomic E-state index is 0.142. The number of benzene rings is 2. The molecule has 2 aromatic heterocycles. The zero-order valence-electron chi connectivity index (χ0n) is 17.2. The highest BCUT2D eigenvalue weighted by atomic mass is 35.5. The Kier molecular flexibility index (Phi) is 7.24. The molecule has 2 aromatic carbocycles. The molecule has 32 heavy (non-hydrogen) atoms. The highest BCUT2D eigenvalue weighted by Gasteiger charge is 2.20. The fourth-order valence-electron chi connectivity index (χ4n) is 3.26. The van der Waals surface area contributed by atoms with E-state index < -0.39 is 0 Å². The van der Waals surface area contributed by atoms with Crippen LogP contribution in [0, 0.1) is 5.82 Å². The standard InChI is InChI=1S/C23H20ClFN4OS2/c1-2-29-22(16-5-9-17(24)10-6-16)27-28-23(29)32-14-20(30)26-21(19-4-3-13-31-19)15-7-11-18(25)12-8-15/h3-13,21H,2,14H2,1H3,(H,26,30). The maximum Gasteiger partial charge on any atom is 0.231 e. The second kappa shape index (κ2) is 10.3. The number of rotatable bonds is 8.